The van der Waals surface area contributed by atoms with E-state index in [1.54, 1.807) is 0 Å². The number of aliphatic carboxylic acids is 1. The molecule has 1 fully saturated rings. The smallest absolute Gasteiger partial charge is 0.397 e. The lowest BCUT2D eigenvalue weighted by Gasteiger charge is -2.38. The van der Waals surface area contributed by atoms with Crippen LogP contribution in [0.4, 0.5) is 0 Å². The van der Waals surface area contributed by atoms with Crippen molar-refractivity contribution < 1.29 is 52.1 Å². The molecule has 5 N–H and O–H groups in total. The zero-order valence-corrected chi connectivity index (χ0v) is 9.30. The van der Waals surface area contributed by atoms with Crippen LogP contribution in [0.15, 0.2) is 0 Å². The third kappa shape index (κ3) is 3.33. The van der Waals surface area contributed by atoms with E-state index in [-0.39, 0.29) is 0 Å². The Labute approximate surface area is 100 Å². The predicted molar refractivity (Wildman–Crippen MR) is 48.4 cm³/mol. The average molecular weight is 290 g/mol. The van der Waals surface area contributed by atoms with Crippen molar-refractivity contribution in [2.75, 3.05) is 0 Å². The Morgan fingerprint density at radius 2 is 1.78 bits per heavy atom. The Kier molecular flexibility index (Phi) is 4.57. The number of carbonyl (C=O) groups is 1. The van der Waals surface area contributed by atoms with E-state index in [1.807, 2.05) is 0 Å². The fraction of sp³-hybridized carbons (Fsp3) is 0.833. The van der Waals surface area contributed by atoms with Crippen LogP contribution < -0.4 is 0 Å². The Bertz CT molecular complexity index is 404. The van der Waals surface area contributed by atoms with Gasteiger partial charge in [-0.05, 0) is 0 Å². The first-order valence-electron chi connectivity index (χ1n) is 4.37. The summed E-state index contributed by atoms with van der Waals surface area (Å²) in [5.41, 5.74) is 0. The van der Waals surface area contributed by atoms with Gasteiger partial charge in [0.2, 0.25) is 0 Å². The van der Waals surface area contributed by atoms with E-state index in [0.29, 0.717) is 0 Å². The highest BCUT2D eigenvalue weighted by Gasteiger charge is 2.51. The average Bonchev–Trinajstić information content (AvgIpc) is 2.21. The van der Waals surface area contributed by atoms with E-state index in [9.17, 15) is 23.4 Å². The van der Waals surface area contributed by atoms with Gasteiger partial charge in [0, 0.05) is 0 Å². The fourth-order valence-corrected chi connectivity index (χ4v) is 1.89. The fourth-order valence-electron chi connectivity index (χ4n) is 1.41. The van der Waals surface area contributed by atoms with Crippen molar-refractivity contribution in [3.05, 3.63) is 0 Å². The van der Waals surface area contributed by atoms with Crippen LogP contribution in [-0.4, -0.2) is 70.2 Å². The number of hydrogen-bond acceptors (Lipinski definition) is 9. The van der Waals surface area contributed by atoms with Crippen LogP contribution in [0.2, 0.25) is 0 Å². The molecule has 0 aromatic rings. The molecular weight excluding hydrogens is 280 g/mol. The molecule has 0 saturated carbocycles. The number of carboxylic acid groups (broad SMARTS) is 1. The Morgan fingerprint density at radius 1 is 1.22 bits per heavy atom. The monoisotopic (exact) mass is 290 g/mol. The van der Waals surface area contributed by atoms with Crippen molar-refractivity contribution in [2.45, 2.75) is 30.7 Å². The summed E-state index contributed by atoms with van der Waals surface area (Å²) in [5.74, 6) is -1.69. The molecule has 0 amide bonds. The number of aliphatic hydroxyl groups is 2. The first-order chi connectivity index (χ1) is 8.17. The first kappa shape index (κ1) is 15.2. The van der Waals surface area contributed by atoms with E-state index in [4.69, 9.17) is 14.9 Å². The van der Waals surface area contributed by atoms with Crippen LogP contribution in [0.3, 0.4) is 0 Å². The molecule has 0 aromatic carbocycles. The quantitative estimate of drug-likeness (QED) is 0.205. The topological polar surface area (TPSA) is 180 Å². The number of ether oxygens (including phenoxy) is 1. The Balaban J connectivity index is 2.96. The second-order valence-electron chi connectivity index (χ2n) is 3.33. The van der Waals surface area contributed by atoms with E-state index in [1.165, 1.54) is 0 Å². The Morgan fingerprint density at radius 3 is 2.17 bits per heavy atom. The van der Waals surface area contributed by atoms with Crippen molar-refractivity contribution in [1.82, 2.24) is 0 Å². The van der Waals surface area contributed by atoms with Crippen LogP contribution in [-0.2, 0) is 29.0 Å². The minimum Gasteiger partial charge on any atom is -0.479 e. The molecule has 1 heterocycles. The van der Waals surface area contributed by atoms with Gasteiger partial charge < -0.3 is 20.1 Å². The standard InChI is InChI=1S/C6H10O11S/c7-1-2(16-11)4(17-18(12,13)14)6(10)15-3(1)5(8)9/h1-4,6-7,10-11H,(H,8,9)(H,12,13,14)/t1-,2-,3+,4+,6+/m0/s1. The van der Waals surface area contributed by atoms with Gasteiger partial charge in [0.25, 0.3) is 0 Å². The molecule has 1 aliphatic heterocycles. The highest BCUT2D eigenvalue weighted by atomic mass is 32.3. The summed E-state index contributed by atoms with van der Waals surface area (Å²) >= 11 is 0. The van der Waals surface area contributed by atoms with Crippen molar-refractivity contribution in [3.8, 4) is 0 Å². The van der Waals surface area contributed by atoms with Crippen LogP contribution >= 0.6 is 0 Å². The predicted octanol–water partition coefficient (Wildman–Crippen LogP) is -2.80. The molecule has 11 nitrogen and oxygen atoms in total. The van der Waals surface area contributed by atoms with Crippen molar-refractivity contribution in [2.24, 2.45) is 0 Å². The van der Waals surface area contributed by atoms with Crippen LogP contribution in [0.25, 0.3) is 0 Å². The van der Waals surface area contributed by atoms with Gasteiger partial charge in [-0.1, -0.05) is 0 Å². The van der Waals surface area contributed by atoms with Crippen molar-refractivity contribution in [1.29, 1.82) is 0 Å². The summed E-state index contributed by atoms with van der Waals surface area (Å²) in [6.07, 6.45) is -10.2. The molecule has 1 rings (SSSR count). The molecule has 1 aliphatic rings. The normalized spacial score (nSPS) is 37.4. The molecule has 1 saturated heterocycles. The molecule has 0 radical (unpaired) electrons. The maximum atomic E-state index is 10.6. The molecule has 106 valence electrons. The van der Waals surface area contributed by atoms with E-state index in [2.05, 4.69) is 13.8 Å². The SMILES string of the molecule is O=C(O)[C@@H]1O[C@@H](O)[C@H](OS(=O)(=O)O)[C@@H](OO)[C@@H]1O. The van der Waals surface area contributed by atoms with Gasteiger partial charge in [0.05, 0.1) is 0 Å². The second kappa shape index (κ2) is 5.41. The lowest BCUT2D eigenvalue weighted by atomic mass is 9.99. The number of rotatable bonds is 4. The van der Waals surface area contributed by atoms with Crippen LogP contribution in [0.5, 0.6) is 0 Å². The molecule has 5 atom stereocenters. The van der Waals surface area contributed by atoms with Crippen LogP contribution in [0, 0.1) is 0 Å². The van der Waals surface area contributed by atoms with Crippen molar-refractivity contribution >= 4 is 16.4 Å². The van der Waals surface area contributed by atoms with Gasteiger partial charge in [0.1, 0.15) is 6.10 Å². The summed E-state index contributed by atoms with van der Waals surface area (Å²) in [5, 5.41) is 35.8. The lowest BCUT2D eigenvalue weighted by molar-refractivity contribution is -0.363. The third-order valence-electron chi connectivity index (χ3n) is 2.14. The largest absolute Gasteiger partial charge is 0.479 e. The maximum Gasteiger partial charge on any atom is 0.397 e. The van der Waals surface area contributed by atoms with Gasteiger partial charge in [-0.25, -0.2) is 13.9 Å². The highest BCUT2D eigenvalue weighted by molar-refractivity contribution is 7.80. The van der Waals surface area contributed by atoms with Gasteiger partial charge >= 0.3 is 16.4 Å². The molecule has 0 spiro atoms. The molecule has 0 unspecified atom stereocenters. The van der Waals surface area contributed by atoms with Crippen molar-refractivity contribution in [3.63, 3.8) is 0 Å². The summed E-state index contributed by atoms with van der Waals surface area (Å²) < 4.78 is 37.6. The van der Waals surface area contributed by atoms with E-state index >= 15 is 0 Å². The summed E-state index contributed by atoms with van der Waals surface area (Å²) in [4.78, 5) is 14.3. The highest BCUT2D eigenvalue weighted by Crippen LogP contribution is 2.25. The van der Waals surface area contributed by atoms with Crippen LogP contribution in [0.1, 0.15) is 0 Å². The minimum atomic E-state index is -5.05. The summed E-state index contributed by atoms with van der Waals surface area (Å²) in [7, 11) is -5.05. The zero-order valence-electron chi connectivity index (χ0n) is 8.48. The molecule has 12 heteroatoms. The first-order valence-corrected chi connectivity index (χ1v) is 5.74. The van der Waals surface area contributed by atoms with Gasteiger partial charge in [0.15, 0.2) is 24.6 Å². The Hall–Kier alpha value is -0.860. The summed E-state index contributed by atoms with van der Waals surface area (Å²) in [6, 6.07) is 0. The molecule has 0 aromatic heterocycles. The molecular formula is C6H10O11S. The number of carboxylic acids is 1. The zero-order chi connectivity index (χ0) is 14.1. The van der Waals surface area contributed by atoms with Gasteiger partial charge in [-0.15, -0.1) is 0 Å². The molecule has 0 bridgehead atoms. The van der Waals surface area contributed by atoms with E-state index in [0.717, 1.165) is 0 Å². The number of aliphatic hydroxyl groups excluding tert-OH is 2. The minimum absolute atomic E-state index is 1.69. The second-order valence-corrected chi connectivity index (χ2v) is 4.38. The molecule has 18 heavy (non-hydrogen) atoms. The summed E-state index contributed by atoms with van der Waals surface area (Å²) in [6.45, 7) is 0. The third-order valence-corrected chi connectivity index (χ3v) is 2.60. The maximum absolute atomic E-state index is 10.6. The van der Waals surface area contributed by atoms with E-state index < -0.39 is 47.1 Å². The number of hydrogen-bond donors (Lipinski definition) is 5. The molecule has 0 aliphatic carbocycles. The lowest BCUT2D eigenvalue weighted by Crippen LogP contribution is -2.61. The van der Waals surface area contributed by atoms with Gasteiger partial charge in [-0.3, -0.25) is 9.81 Å². The van der Waals surface area contributed by atoms with Gasteiger partial charge in [-0.2, -0.15) is 8.42 Å².